The molecule has 2 rings (SSSR count). The van der Waals surface area contributed by atoms with Crippen molar-refractivity contribution in [2.45, 2.75) is 0 Å². The van der Waals surface area contributed by atoms with Crippen molar-refractivity contribution in [2.75, 3.05) is 44.2 Å². The first kappa shape index (κ1) is 14.6. The lowest BCUT2D eigenvalue weighted by molar-refractivity contribution is -0.386. The average Bonchev–Trinajstić information content (AvgIpc) is 2.38. The second-order valence-corrected chi connectivity index (χ2v) is 4.56. The summed E-state index contributed by atoms with van der Waals surface area (Å²) in [5.41, 5.74) is -0.724. The summed E-state index contributed by atoms with van der Waals surface area (Å²) in [7, 11) is 0. The van der Waals surface area contributed by atoms with Gasteiger partial charge in [-0.25, -0.2) is 4.39 Å². The molecule has 0 atom stereocenters. The van der Waals surface area contributed by atoms with Crippen LogP contribution in [0, 0.1) is 21.7 Å². The molecule has 0 aliphatic carbocycles. The molecule has 6 nitrogen and oxygen atoms in total. The van der Waals surface area contributed by atoms with Crippen LogP contribution in [0.2, 0.25) is 0 Å². The molecule has 1 aliphatic rings. The van der Waals surface area contributed by atoms with E-state index in [4.69, 9.17) is 5.11 Å². The highest BCUT2D eigenvalue weighted by molar-refractivity contribution is 5.64. The maximum Gasteiger partial charge on any atom is 0.328 e. The Morgan fingerprint density at radius 3 is 2.45 bits per heavy atom. The summed E-state index contributed by atoms with van der Waals surface area (Å²) < 4.78 is 26.9. The van der Waals surface area contributed by atoms with Crippen molar-refractivity contribution >= 4 is 11.4 Å². The van der Waals surface area contributed by atoms with E-state index in [-0.39, 0.29) is 12.3 Å². The minimum atomic E-state index is -1.16. The molecule has 110 valence electrons. The number of benzene rings is 1. The minimum absolute atomic E-state index is 0.0313. The van der Waals surface area contributed by atoms with Gasteiger partial charge in [-0.05, 0) is 0 Å². The monoisotopic (exact) mass is 287 g/mol. The Morgan fingerprint density at radius 2 is 1.90 bits per heavy atom. The van der Waals surface area contributed by atoms with Crippen LogP contribution >= 0.6 is 0 Å². The average molecular weight is 287 g/mol. The molecular weight excluding hydrogens is 272 g/mol. The number of hydrogen-bond acceptors (Lipinski definition) is 5. The zero-order valence-electron chi connectivity index (χ0n) is 10.8. The van der Waals surface area contributed by atoms with E-state index in [1.807, 2.05) is 4.90 Å². The molecular formula is C12H15F2N3O3. The molecule has 0 amide bonds. The van der Waals surface area contributed by atoms with Crippen molar-refractivity contribution < 1.29 is 18.8 Å². The third kappa shape index (κ3) is 3.02. The molecule has 0 saturated carbocycles. The van der Waals surface area contributed by atoms with Gasteiger partial charge in [0, 0.05) is 44.9 Å². The Bertz CT molecular complexity index is 505. The van der Waals surface area contributed by atoms with Crippen molar-refractivity contribution in [2.24, 2.45) is 0 Å². The first-order valence-electron chi connectivity index (χ1n) is 6.24. The Labute approximate surface area is 114 Å². The van der Waals surface area contributed by atoms with Gasteiger partial charge >= 0.3 is 5.69 Å². The maximum atomic E-state index is 13.6. The molecule has 0 radical (unpaired) electrons. The van der Waals surface area contributed by atoms with E-state index in [9.17, 15) is 18.9 Å². The number of hydrogen-bond donors (Lipinski definition) is 1. The highest BCUT2D eigenvalue weighted by Crippen LogP contribution is 2.32. The number of piperazine rings is 1. The topological polar surface area (TPSA) is 69.9 Å². The number of aliphatic hydroxyl groups is 1. The summed E-state index contributed by atoms with van der Waals surface area (Å²) in [6, 6.07) is 1.51. The number of nitro groups is 1. The normalized spacial score (nSPS) is 16.4. The van der Waals surface area contributed by atoms with Crippen molar-refractivity contribution in [3.8, 4) is 0 Å². The smallest absolute Gasteiger partial charge is 0.328 e. The van der Waals surface area contributed by atoms with Crippen LogP contribution in [0.1, 0.15) is 0 Å². The number of nitrogens with zero attached hydrogens (tertiary/aromatic N) is 3. The standard InChI is InChI=1S/C12H15F2N3O3/c13-9-7-10(14)12(17(19)20)11(8-9)16-3-1-15(2-4-16)5-6-18/h7-8,18H,1-6H2. The van der Waals surface area contributed by atoms with Crippen molar-refractivity contribution in [3.63, 3.8) is 0 Å². The second kappa shape index (κ2) is 6.10. The van der Waals surface area contributed by atoms with Crippen LogP contribution in [-0.4, -0.2) is 54.3 Å². The zero-order valence-corrected chi connectivity index (χ0v) is 10.8. The van der Waals surface area contributed by atoms with E-state index in [1.54, 1.807) is 4.90 Å². The fraction of sp³-hybridized carbons (Fsp3) is 0.500. The predicted octanol–water partition coefficient (Wildman–Crippen LogP) is 0.987. The molecule has 0 unspecified atom stereocenters. The van der Waals surface area contributed by atoms with Crippen LogP contribution in [0.25, 0.3) is 0 Å². The summed E-state index contributed by atoms with van der Waals surface area (Å²) >= 11 is 0. The number of aliphatic hydroxyl groups excluding tert-OH is 1. The van der Waals surface area contributed by atoms with Gasteiger partial charge in [0.15, 0.2) is 0 Å². The van der Waals surface area contributed by atoms with Gasteiger partial charge in [0.25, 0.3) is 0 Å². The number of nitro benzene ring substituents is 1. The van der Waals surface area contributed by atoms with Crippen LogP contribution in [-0.2, 0) is 0 Å². The van der Waals surface area contributed by atoms with Gasteiger partial charge in [0.1, 0.15) is 11.5 Å². The van der Waals surface area contributed by atoms with Gasteiger partial charge in [-0.3, -0.25) is 15.0 Å². The maximum absolute atomic E-state index is 13.6. The summed E-state index contributed by atoms with van der Waals surface area (Å²) in [4.78, 5) is 13.7. The second-order valence-electron chi connectivity index (χ2n) is 4.56. The molecule has 0 aromatic heterocycles. The van der Waals surface area contributed by atoms with E-state index in [1.165, 1.54) is 0 Å². The van der Waals surface area contributed by atoms with E-state index < -0.39 is 22.2 Å². The van der Waals surface area contributed by atoms with E-state index >= 15 is 0 Å². The molecule has 1 aromatic rings. The number of β-amino-alcohol motifs (C(OH)–C–C–N with tert-alkyl or cyclic N) is 1. The highest BCUT2D eigenvalue weighted by Gasteiger charge is 2.28. The Morgan fingerprint density at radius 1 is 1.25 bits per heavy atom. The summed E-state index contributed by atoms with van der Waals surface area (Å²) in [5.74, 6) is -2.00. The van der Waals surface area contributed by atoms with Crippen LogP contribution in [0.3, 0.4) is 0 Å². The molecule has 0 bridgehead atoms. The summed E-state index contributed by atoms with van der Waals surface area (Å²) in [5, 5.41) is 19.8. The van der Waals surface area contributed by atoms with Gasteiger partial charge in [0.05, 0.1) is 11.5 Å². The van der Waals surface area contributed by atoms with E-state index in [2.05, 4.69) is 0 Å². The molecule has 1 fully saturated rings. The van der Waals surface area contributed by atoms with Crippen LogP contribution in [0.5, 0.6) is 0 Å². The van der Waals surface area contributed by atoms with Gasteiger partial charge < -0.3 is 10.0 Å². The van der Waals surface area contributed by atoms with Crippen molar-refractivity contribution in [1.29, 1.82) is 0 Å². The van der Waals surface area contributed by atoms with E-state index in [0.717, 1.165) is 6.07 Å². The molecule has 1 aromatic carbocycles. The van der Waals surface area contributed by atoms with Crippen molar-refractivity contribution in [3.05, 3.63) is 33.9 Å². The minimum Gasteiger partial charge on any atom is -0.395 e. The SMILES string of the molecule is O=[N+]([O-])c1c(F)cc(F)cc1N1CCN(CCO)CC1. The largest absolute Gasteiger partial charge is 0.395 e. The Kier molecular flexibility index (Phi) is 4.46. The van der Waals surface area contributed by atoms with Gasteiger partial charge in [0.2, 0.25) is 5.82 Å². The molecule has 1 heterocycles. The Balaban J connectivity index is 2.23. The van der Waals surface area contributed by atoms with Crippen molar-refractivity contribution in [1.82, 2.24) is 4.90 Å². The molecule has 1 saturated heterocycles. The van der Waals surface area contributed by atoms with E-state index in [0.29, 0.717) is 38.8 Å². The van der Waals surface area contributed by atoms with Crippen LogP contribution < -0.4 is 4.90 Å². The van der Waals surface area contributed by atoms with Gasteiger partial charge in [-0.2, -0.15) is 4.39 Å². The molecule has 1 aliphatic heterocycles. The zero-order chi connectivity index (χ0) is 14.7. The first-order valence-corrected chi connectivity index (χ1v) is 6.24. The highest BCUT2D eigenvalue weighted by atomic mass is 19.1. The molecule has 8 heteroatoms. The summed E-state index contributed by atoms with van der Waals surface area (Å²) in [6.07, 6.45) is 0. The number of halogens is 2. The molecule has 1 N–H and O–H groups in total. The van der Waals surface area contributed by atoms with Crippen LogP contribution in [0.15, 0.2) is 12.1 Å². The lowest BCUT2D eigenvalue weighted by Crippen LogP contribution is -2.47. The first-order chi connectivity index (χ1) is 9.52. The van der Waals surface area contributed by atoms with Gasteiger partial charge in [-0.15, -0.1) is 0 Å². The summed E-state index contributed by atoms with van der Waals surface area (Å²) in [6.45, 7) is 2.56. The molecule has 0 spiro atoms. The number of rotatable bonds is 4. The number of anilines is 1. The fourth-order valence-corrected chi connectivity index (χ4v) is 2.33. The lowest BCUT2D eigenvalue weighted by atomic mass is 10.2. The third-order valence-corrected chi connectivity index (χ3v) is 3.32. The quantitative estimate of drug-likeness (QED) is 0.660. The Hall–Kier alpha value is -1.80. The lowest BCUT2D eigenvalue weighted by Gasteiger charge is -2.35. The predicted molar refractivity (Wildman–Crippen MR) is 68.8 cm³/mol. The fourth-order valence-electron chi connectivity index (χ4n) is 2.33. The van der Waals surface area contributed by atoms with Gasteiger partial charge in [-0.1, -0.05) is 0 Å². The third-order valence-electron chi connectivity index (χ3n) is 3.32. The molecule has 20 heavy (non-hydrogen) atoms. The van der Waals surface area contributed by atoms with Crippen LogP contribution in [0.4, 0.5) is 20.2 Å².